The largest absolute Gasteiger partial charge is 0.299 e. The minimum absolute atomic E-state index is 0.226. The van der Waals surface area contributed by atoms with Crippen LogP contribution in [0.1, 0.15) is 34.6 Å². The first-order valence-corrected chi connectivity index (χ1v) is 8.84. The molecule has 0 spiro atoms. The quantitative estimate of drug-likeness (QED) is 0.541. The van der Waals surface area contributed by atoms with Gasteiger partial charge in [-0.25, -0.2) is 13.8 Å². The number of aromatic nitrogens is 2. The summed E-state index contributed by atoms with van der Waals surface area (Å²) in [6.07, 6.45) is 7.35. The molecule has 1 aromatic heterocycles. The third kappa shape index (κ3) is 3.85. The molecule has 1 heterocycles. The van der Waals surface area contributed by atoms with Crippen molar-refractivity contribution in [3.8, 4) is 11.4 Å². The van der Waals surface area contributed by atoms with Crippen molar-refractivity contribution in [2.45, 2.75) is 34.6 Å². The van der Waals surface area contributed by atoms with Crippen molar-refractivity contribution in [3.05, 3.63) is 72.1 Å². The maximum Gasteiger partial charge on any atom is 0.147 e. The van der Waals surface area contributed by atoms with Crippen LogP contribution in [0.3, 0.4) is 0 Å². The first kappa shape index (κ1) is 19.8. The average molecular weight is 356 g/mol. The zero-order chi connectivity index (χ0) is 19.4. The fourth-order valence-electron chi connectivity index (χ4n) is 3.15. The normalized spacial score (nSPS) is 13.3. The Bertz CT molecular complexity index is 855. The summed E-state index contributed by atoms with van der Waals surface area (Å²) in [5.41, 5.74) is 3.38. The van der Waals surface area contributed by atoms with E-state index in [1.807, 2.05) is 23.8 Å². The molecule has 0 aliphatic carbocycles. The highest BCUT2D eigenvalue weighted by Gasteiger charge is 2.21. The minimum Gasteiger partial charge on any atom is -0.299 e. The Morgan fingerprint density at radius 1 is 1.15 bits per heavy atom. The summed E-state index contributed by atoms with van der Waals surface area (Å²) in [7, 11) is 0. The Kier molecular flexibility index (Phi) is 6.30. The molecule has 2 rings (SSSR count). The molecule has 26 heavy (non-hydrogen) atoms. The lowest BCUT2D eigenvalue weighted by Gasteiger charge is -2.23. The fraction of sp³-hybridized carbons (Fsp3) is 0.318. The van der Waals surface area contributed by atoms with Crippen molar-refractivity contribution >= 4 is 5.70 Å². The van der Waals surface area contributed by atoms with E-state index in [9.17, 15) is 8.78 Å². The molecule has 0 aliphatic rings. The van der Waals surface area contributed by atoms with E-state index >= 15 is 0 Å². The second-order valence-corrected chi connectivity index (χ2v) is 6.81. The molecule has 0 amide bonds. The Hall–Kier alpha value is -2.49. The van der Waals surface area contributed by atoms with Gasteiger partial charge >= 0.3 is 0 Å². The Balaban J connectivity index is 2.81. The lowest BCUT2D eigenvalue weighted by Crippen LogP contribution is -2.11. The molecule has 2 nitrogen and oxygen atoms in total. The van der Waals surface area contributed by atoms with E-state index in [1.165, 1.54) is 12.1 Å². The van der Waals surface area contributed by atoms with Gasteiger partial charge < -0.3 is 0 Å². The van der Waals surface area contributed by atoms with Gasteiger partial charge in [0.1, 0.15) is 17.5 Å². The number of allylic oxidation sites excluding steroid dienone is 5. The molecule has 0 N–H and O–H groups in total. The average Bonchev–Trinajstić information content (AvgIpc) is 3.03. The van der Waals surface area contributed by atoms with E-state index in [-0.39, 0.29) is 17.4 Å². The molecule has 0 fully saturated rings. The van der Waals surface area contributed by atoms with Crippen LogP contribution in [0, 0.1) is 23.5 Å². The van der Waals surface area contributed by atoms with E-state index in [0.29, 0.717) is 5.82 Å². The van der Waals surface area contributed by atoms with E-state index in [0.717, 1.165) is 22.9 Å². The lowest BCUT2D eigenvalue weighted by atomic mass is 9.91. The highest BCUT2D eigenvalue weighted by atomic mass is 19.1. The monoisotopic (exact) mass is 356 g/mol. The van der Waals surface area contributed by atoms with Gasteiger partial charge in [-0.3, -0.25) is 4.57 Å². The van der Waals surface area contributed by atoms with E-state index in [2.05, 4.69) is 45.3 Å². The van der Waals surface area contributed by atoms with Crippen LogP contribution >= 0.6 is 0 Å². The number of rotatable bonds is 6. The van der Waals surface area contributed by atoms with Crippen LogP contribution in [-0.2, 0) is 0 Å². The summed E-state index contributed by atoms with van der Waals surface area (Å²) in [5, 5.41) is 0. The van der Waals surface area contributed by atoms with E-state index < -0.39 is 11.6 Å². The molecule has 0 atom stereocenters. The third-order valence-corrected chi connectivity index (χ3v) is 4.38. The number of hydrogen-bond acceptors (Lipinski definition) is 1. The zero-order valence-corrected chi connectivity index (χ0v) is 16.1. The number of hydrogen-bond donors (Lipinski definition) is 0. The summed E-state index contributed by atoms with van der Waals surface area (Å²) >= 11 is 0. The second-order valence-electron chi connectivity index (χ2n) is 6.81. The van der Waals surface area contributed by atoms with Crippen LogP contribution in [-0.4, -0.2) is 9.55 Å². The molecular formula is C22H26F2N2. The Labute approximate surface area is 154 Å². The van der Waals surface area contributed by atoms with Crippen molar-refractivity contribution in [2.24, 2.45) is 11.8 Å². The molecule has 4 heteroatoms. The van der Waals surface area contributed by atoms with Gasteiger partial charge in [0.05, 0.1) is 11.3 Å². The van der Waals surface area contributed by atoms with Crippen LogP contribution in [0.2, 0.25) is 0 Å². The van der Waals surface area contributed by atoms with Crippen molar-refractivity contribution in [3.63, 3.8) is 0 Å². The number of imidazole rings is 1. The molecule has 0 unspecified atom stereocenters. The smallest absolute Gasteiger partial charge is 0.147 e. The van der Waals surface area contributed by atoms with Crippen molar-refractivity contribution in [1.82, 2.24) is 9.55 Å². The zero-order valence-electron chi connectivity index (χ0n) is 16.1. The highest BCUT2D eigenvalue weighted by Crippen LogP contribution is 2.34. The third-order valence-electron chi connectivity index (χ3n) is 4.38. The van der Waals surface area contributed by atoms with Crippen molar-refractivity contribution in [1.29, 1.82) is 0 Å². The Morgan fingerprint density at radius 2 is 1.85 bits per heavy atom. The number of halogens is 2. The molecule has 0 saturated carbocycles. The maximum atomic E-state index is 14.4. The molecule has 0 bridgehead atoms. The van der Waals surface area contributed by atoms with Crippen LogP contribution < -0.4 is 0 Å². The van der Waals surface area contributed by atoms with Gasteiger partial charge in [-0.15, -0.1) is 0 Å². The van der Waals surface area contributed by atoms with Crippen LogP contribution in [0.25, 0.3) is 17.1 Å². The number of nitrogens with zero attached hydrogens (tertiary/aromatic N) is 2. The molecule has 138 valence electrons. The maximum absolute atomic E-state index is 14.4. The minimum atomic E-state index is -0.631. The standard InChI is InChI=1S/C22H26F2N2/c1-7-17(14(3)4)21(18(8-2)15(5)6)26-12-11-25-22(26)19-10-9-16(23)13-20(19)24/h7-15H,1H2,2-6H3/b18-8-,21-17-. The second kappa shape index (κ2) is 8.26. The first-order chi connectivity index (χ1) is 12.3. The van der Waals surface area contributed by atoms with Crippen LogP contribution in [0.4, 0.5) is 8.78 Å². The van der Waals surface area contributed by atoms with Gasteiger partial charge in [-0.05, 0) is 42.0 Å². The SMILES string of the molecule is C=C/C(=C(\C(=C/C)C(C)C)n1ccnc1-c1ccc(F)cc1F)C(C)C. The Morgan fingerprint density at radius 3 is 2.35 bits per heavy atom. The predicted molar refractivity (Wildman–Crippen MR) is 104 cm³/mol. The van der Waals surface area contributed by atoms with E-state index in [1.54, 1.807) is 6.20 Å². The van der Waals surface area contributed by atoms with Gasteiger partial charge in [-0.1, -0.05) is 46.4 Å². The van der Waals surface area contributed by atoms with Gasteiger partial charge in [0, 0.05) is 18.5 Å². The van der Waals surface area contributed by atoms with Gasteiger partial charge in [0.15, 0.2) is 0 Å². The highest BCUT2D eigenvalue weighted by molar-refractivity contribution is 5.75. The van der Waals surface area contributed by atoms with Gasteiger partial charge in [0.25, 0.3) is 0 Å². The molecule has 1 aromatic carbocycles. The summed E-state index contributed by atoms with van der Waals surface area (Å²) in [4.78, 5) is 4.35. The number of benzene rings is 1. The summed E-state index contributed by atoms with van der Waals surface area (Å²) in [6, 6.07) is 3.55. The van der Waals surface area contributed by atoms with E-state index in [4.69, 9.17) is 0 Å². The molecular weight excluding hydrogens is 330 g/mol. The first-order valence-electron chi connectivity index (χ1n) is 8.84. The van der Waals surface area contributed by atoms with Gasteiger partial charge in [-0.2, -0.15) is 0 Å². The summed E-state index contributed by atoms with van der Waals surface area (Å²) < 4.78 is 29.6. The van der Waals surface area contributed by atoms with Crippen molar-refractivity contribution in [2.75, 3.05) is 0 Å². The topological polar surface area (TPSA) is 17.8 Å². The lowest BCUT2D eigenvalue weighted by molar-refractivity contribution is 0.584. The molecule has 0 saturated heterocycles. The van der Waals surface area contributed by atoms with Gasteiger partial charge in [0.2, 0.25) is 0 Å². The van der Waals surface area contributed by atoms with Crippen LogP contribution in [0.15, 0.2) is 60.5 Å². The van der Waals surface area contributed by atoms with Crippen molar-refractivity contribution < 1.29 is 8.78 Å². The molecule has 0 aliphatic heterocycles. The van der Waals surface area contributed by atoms with Crippen LogP contribution in [0.5, 0.6) is 0 Å². The fourth-order valence-corrected chi connectivity index (χ4v) is 3.15. The molecule has 0 radical (unpaired) electrons. The summed E-state index contributed by atoms with van der Waals surface area (Å²) in [5.74, 6) is -0.308. The predicted octanol–water partition coefficient (Wildman–Crippen LogP) is 6.48. The summed E-state index contributed by atoms with van der Waals surface area (Å²) in [6.45, 7) is 14.4. The molecule has 2 aromatic rings.